The number of nitrogens with zero attached hydrogens (tertiary/aromatic N) is 1. The Labute approximate surface area is 141 Å². The molecule has 1 saturated heterocycles. The van der Waals surface area contributed by atoms with Crippen molar-refractivity contribution in [3.05, 3.63) is 27.7 Å². The van der Waals surface area contributed by atoms with E-state index in [9.17, 15) is 8.42 Å². The quantitative estimate of drug-likeness (QED) is 0.755. The van der Waals surface area contributed by atoms with Gasteiger partial charge in [-0.1, -0.05) is 22.0 Å². The van der Waals surface area contributed by atoms with Crippen molar-refractivity contribution in [1.82, 2.24) is 9.62 Å². The first kappa shape index (κ1) is 17.9. The van der Waals surface area contributed by atoms with Gasteiger partial charge in [0, 0.05) is 24.1 Å². The molecular weight excluding hydrogens is 368 g/mol. The van der Waals surface area contributed by atoms with Crippen molar-refractivity contribution in [3.63, 3.8) is 0 Å². The van der Waals surface area contributed by atoms with Gasteiger partial charge in [0.1, 0.15) is 0 Å². The predicted octanol–water partition coefficient (Wildman–Crippen LogP) is 2.07. The van der Waals surface area contributed by atoms with Gasteiger partial charge in [-0.25, -0.2) is 13.1 Å². The van der Waals surface area contributed by atoms with Crippen LogP contribution in [0.5, 0.6) is 0 Å². The molecule has 7 heteroatoms. The highest BCUT2D eigenvalue weighted by Gasteiger charge is 2.18. The number of rotatable bonds is 6. The molecule has 1 fully saturated rings. The van der Waals surface area contributed by atoms with E-state index in [4.69, 9.17) is 4.74 Å². The first-order chi connectivity index (χ1) is 10.4. The van der Waals surface area contributed by atoms with Crippen molar-refractivity contribution in [1.29, 1.82) is 0 Å². The van der Waals surface area contributed by atoms with Gasteiger partial charge in [-0.15, -0.1) is 0 Å². The highest BCUT2D eigenvalue weighted by Crippen LogP contribution is 2.24. The van der Waals surface area contributed by atoms with Gasteiger partial charge in [0.05, 0.1) is 18.1 Å². The fraction of sp³-hybridized carbons (Fsp3) is 0.600. The fourth-order valence-electron chi connectivity index (χ4n) is 2.51. The van der Waals surface area contributed by atoms with Crippen LogP contribution in [0.4, 0.5) is 0 Å². The smallest absolute Gasteiger partial charge is 0.240 e. The molecule has 0 spiro atoms. The van der Waals surface area contributed by atoms with Crippen molar-refractivity contribution in [2.45, 2.75) is 25.2 Å². The molecule has 0 aromatic heterocycles. The molecular formula is C15H23BrN2O3S. The molecule has 0 amide bonds. The molecule has 0 saturated carbocycles. The van der Waals surface area contributed by atoms with E-state index < -0.39 is 10.0 Å². The van der Waals surface area contributed by atoms with Crippen LogP contribution in [-0.4, -0.2) is 52.7 Å². The third-order valence-electron chi connectivity index (χ3n) is 3.79. The number of halogens is 1. The minimum atomic E-state index is -3.46. The molecule has 0 bridgehead atoms. The van der Waals surface area contributed by atoms with Crippen LogP contribution < -0.4 is 4.72 Å². The largest absolute Gasteiger partial charge is 0.379 e. The van der Waals surface area contributed by atoms with Crippen LogP contribution in [0.3, 0.4) is 0 Å². The highest BCUT2D eigenvalue weighted by molar-refractivity contribution is 9.10. The van der Waals surface area contributed by atoms with E-state index >= 15 is 0 Å². The van der Waals surface area contributed by atoms with Gasteiger partial charge in [0.2, 0.25) is 10.0 Å². The summed E-state index contributed by atoms with van der Waals surface area (Å²) in [6, 6.07) is 3.56. The Balaban J connectivity index is 1.89. The molecule has 2 rings (SSSR count). The number of nitrogens with one attached hydrogen (secondary N) is 1. The summed E-state index contributed by atoms with van der Waals surface area (Å²) in [4.78, 5) is 2.64. The molecule has 1 aliphatic heterocycles. The van der Waals surface area contributed by atoms with E-state index in [1.807, 2.05) is 19.9 Å². The predicted molar refractivity (Wildman–Crippen MR) is 90.7 cm³/mol. The van der Waals surface area contributed by atoms with Crippen LogP contribution >= 0.6 is 15.9 Å². The Morgan fingerprint density at radius 1 is 1.23 bits per heavy atom. The summed E-state index contributed by atoms with van der Waals surface area (Å²) in [5.41, 5.74) is 1.80. The zero-order chi connectivity index (χ0) is 16.2. The second-order valence-electron chi connectivity index (χ2n) is 5.57. The van der Waals surface area contributed by atoms with Gasteiger partial charge in [-0.05, 0) is 44.0 Å². The summed E-state index contributed by atoms with van der Waals surface area (Å²) < 4.78 is 33.6. The first-order valence-electron chi connectivity index (χ1n) is 7.46. The Kier molecular flexibility index (Phi) is 6.40. The minimum absolute atomic E-state index is 0.344. The van der Waals surface area contributed by atoms with Crippen LogP contribution in [0.15, 0.2) is 21.5 Å². The summed E-state index contributed by atoms with van der Waals surface area (Å²) in [5.74, 6) is 0. The summed E-state index contributed by atoms with van der Waals surface area (Å²) >= 11 is 3.40. The standard InChI is InChI=1S/C15H23BrN2O3S/c1-12-10-13(2)15(11-14(12)16)22(19,20)17-4-3-5-18-6-8-21-9-7-18/h10-11,17H,3-9H2,1-2H3. The third-order valence-corrected chi connectivity index (χ3v) is 6.25. The molecule has 0 radical (unpaired) electrons. The van der Waals surface area contributed by atoms with Crippen molar-refractivity contribution in [3.8, 4) is 0 Å². The second-order valence-corrected chi connectivity index (χ2v) is 8.16. The Hall–Kier alpha value is -0.470. The van der Waals surface area contributed by atoms with E-state index in [2.05, 4.69) is 25.6 Å². The zero-order valence-corrected chi connectivity index (χ0v) is 15.5. The summed E-state index contributed by atoms with van der Waals surface area (Å²) in [6.07, 6.45) is 0.797. The van der Waals surface area contributed by atoms with Gasteiger partial charge in [0.25, 0.3) is 0 Å². The number of aryl methyl sites for hydroxylation is 2. The molecule has 0 unspecified atom stereocenters. The van der Waals surface area contributed by atoms with Gasteiger partial charge < -0.3 is 4.74 Å². The molecule has 0 atom stereocenters. The number of morpholine rings is 1. The number of sulfonamides is 1. The Morgan fingerprint density at radius 3 is 2.59 bits per heavy atom. The molecule has 0 aliphatic carbocycles. The molecule has 22 heavy (non-hydrogen) atoms. The maximum absolute atomic E-state index is 12.4. The van der Waals surface area contributed by atoms with Crippen LogP contribution in [-0.2, 0) is 14.8 Å². The normalized spacial score (nSPS) is 16.9. The topological polar surface area (TPSA) is 58.6 Å². The van der Waals surface area contributed by atoms with Crippen LogP contribution in [0, 0.1) is 13.8 Å². The molecule has 5 nitrogen and oxygen atoms in total. The van der Waals surface area contributed by atoms with Crippen LogP contribution in [0.2, 0.25) is 0 Å². The lowest BCUT2D eigenvalue weighted by molar-refractivity contribution is 0.0376. The van der Waals surface area contributed by atoms with E-state index in [-0.39, 0.29) is 0 Å². The third kappa shape index (κ3) is 4.76. The lowest BCUT2D eigenvalue weighted by Gasteiger charge is -2.26. The van der Waals surface area contributed by atoms with Gasteiger partial charge in [-0.3, -0.25) is 4.90 Å². The van der Waals surface area contributed by atoms with Crippen molar-refractivity contribution in [2.24, 2.45) is 0 Å². The Bertz CT molecular complexity index is 613. The van der Waals surface area contributed by atoms with E-state index in [0.717, 1.165) is 54.9 Å². The van der Waals surface area contributed by atoms with Gasteiger partial charge in [0.15, 0.2) is 0 Å². The molecule has 1 N–H and O–H groups in total. The molecule has 1 heterocycles. The van der Waals surface area contributed by atoms with Gasteiger partial charge in [-0.2, -0.15) is 0 Å². The first-order valence-corrected chi connectivity index (χ1v) is 9.74. The monoisotopic (exact) mass is 390 g/mol. The van der Waals surface area contributed by atoms with Crippen LogP contribution in [0.1, 0.15) is 17.5 Å². The molecule has 1 aromatic carbocycles. The number of ether oxygens (including phenoxy) is 1. The number of benzene rings is 1. The fourth-order valence-corrected chi connectivity index (χ4v) is 4.33. The summed E-state index contributed by atoms with van der Waals surface area (Å²) in [6.45, 7) is 8.50. The highest BCUT2D eigenvalue weighted by atomic mass is 79.9. The maximum atomic E-state index is 12.4. The van der Waals surface area contributed by atoms with E-state index in [1.54, 1.807) is 6.07 Å². The lowest BCUT2D eigenvalue weighted by Crippen LogP contribution is -2.38. The van der Waals surface area contributed by atoms with Crippen molar-refractivity contribution >= 4 is 26.0 Å². The van der Waals surface area contributed by atoms with Crippen molar-refractivity contribution in [2.75, 3.05) is 39.4 Å². The zero-order valence-electron chi connectivity index (χ0n) is 13.1. The van der Waals surface area contributed by atoms with Crippen LogP contribution in [0.25, 0.3) is 0 Å². The van der Waals surface area contributed by atoms with E-state index in [0.29, 0.717) is 11.4 Å². The summed E-state index contributed by atoms with van der Waals surface area (Å²) in [7, 11) is -3.46. The minimum Gasteiger partial charge on any atom is -0.379 e. The molecule has 1 aliphatic rings. The average molecular weight is 391 g/mol. The number of hydrogen-bond acceptors (Lipinski definition) is 4. The maximum Gasteiger partial charge on any atom is 0.240 e. The Morgan fingerprint density at radius 2 is 1.91 bits per heavy atom. The molecule has 1 aromatic rings. The summed E-state index contributed by atoms with van der Waals surface area (Å²) in [5, 5.41) is 0. The second kappa shape index (κ2) is 7.88. The van der Waals surface area contributed by atoms with Gasteiger partial charge >= 0.3 is 0 Å². The average Bonchev–Trinajstić information content (AvgIpc) is 2.48. The van der Waals surface area contributed by atoms with E-state index in [1.165, 1.54) is 0 Å². The lowest BCUT2D eigenvalue weighted by atomic mass is 10.2. The van der Waals surface area contributed by atoms with Crippen molar-refractivity contribution < 1.29 is 13.2 Å². The molecule has 124 valence electrons. The number of hydrogen-bond donors (Lipinski definition) is 1. The SMILES string of the molecule is Cc1cc(C)c(S(=O)(=O)NCCCN2CCOCC2)cc1Br.